The molecule has 1 N–H and O–H groups in total. The zero-order valence-corrected chi connectivity index (χ0v) is 16.4. The highest BCUT2D eigenvalue weighted by Crippen LogP contribution is 2.35. The molecule has 0 aromatic heterocycles. The minimum Gasteiger partial charge on any atom is -0.305 e. The van der Waals surface area contributed by atoms with Crippen molar-refractivity contribution in [3.63, 3.8) is 0 Å². The Morgan fingerprint density at radius 1 is 1.24 bits per heavy atom. The standard InChI is InChI=1S/C18H19BrN2O3S/c1-3-25(23,24)20-16-7-4-13(5-8-16)18(22)21-12(2)10-14-11-15(19)6-9-17(14)21/h4-9,11-12,20H,3,10H2,1-2H3. The number of amides is 1. The van der Waals surface area contributed by atoms with Gasteiger partial charge in [0.15, 0.2) is 0 Å². The lowest BCUT2D eigenvalue weighted by molar-refractivity contribution is 0.0981. The van der Waals surface area contributed by atoms with E-state index in [2.05, 4.69) is 20.7 Å². The molecule has 0 bridgehead atoms. The number of nitrogens with zero attached hydrogens (tertiary/aromatic N) is 1. The fourth-order valence-electron chi connectivity index (χ4n) is 2.98. The number of nitrogens with one attached hydrogen (secondary N) is 1. The molecule has 3 rings (SSSR count). The first kappa shape index (κ1) is 17.9. The minimum absolute atomic E-state index is 0.00528. The smallest absolute Gasteiger partial charge is 0.258 e. The molecule has 1 unspecified atom stereocenters. The summed E-state index contributed by atoms with van der Waals surface area (Å²) >= 11 is 3.46. The highest BCUT2D eigenvalue weighted by atomic mass is 79.9. The van der Waals surface area contributed by atoms with Gasteiger partial charge in [-0.1, -0.05) is 15.9 Å². The Bertz CT molecular complexity index is 910. The van der Waals surface area contributed by atoms with Gasteiger partial charge in [-0.2, -0.15) is 0 Å². The first-order valence-corrected chi connectivity index (χ1v) is 10.5. The van der Waals surface area contributed by atoms with Gasteiger partial charge in [0, 0.05) is 27.5 Å². The number of carbonyl (C=O) groups excluding carboxylic acids is 1. The van der Waals surface area contributed by atoms with E-state index in [0.717, 1.165) is 22.1 Å². The monoisotopic (exact) mass is 422 g/mol. The van der Waals surface area contributed by atoms with Crippen LogP contribution in [0, 0.1) is 0 Å². The average molecular weight is 423 g/mol. The van der Waals surface area contributed by atoms with Crippen LogP contribution >= 0.6 is 15.9 Å². The van der Waals surface area contributed by atoms with Gasteiger partial charge in [-0.3, -0.25) is 9.52 Å². The number of rotatable bonds is 4. The number of carbonyl (C=O) groups is 1. The molecule has 1 heterocycles. The number of halogens is 1. The maximum Gasteiger partial charge on any atom is 0.258 e. The molecule has 0 spiro atoms. The Morgan fingerprint density at radius 3 is 2.56 bits per heavy atom. The van der Waals surface area contributed by atoms with Crippen LogP contribution in [-0.2, 0) is 16.4 Å². The van der Waals surface area contributed by atoms with Crippen molar-refractivity contribution < 1.29 is 13.2 Å². The molecule has 1 amide bonds. The summed E-state index contributed by atoms with van der Waals surface area (Å²) < 4.78 is 26.7. The number of hydrogen-bond donors (Lipinski definition) is 1. The first-order valence-electron chi connectivity index (χ1n) is 8.03. The second kappa shape index (κ2) is 6.80. The maximum atomic E-state index is 12.9. The second-order valence-corrected chi connectivity index (χ2v) is 9.01. The van der Waals surface area contributed by atoms with Crippen LogP contribution in [0.1, 0.15) is 29.8 Å². The third kappa shape index (κ3) is 3.72. The van der Waals surface area contributed by atoms with Crippen LogP contribution in [-0.4, -0.2) is 26.1 Å². The van der Waals surface area contributed by atoms with Crippen molar-refractivity contribution >= 4 is 43.2 Å². The van der Waals surface area contributed by atoms with Gasteiger partial charge in [0.05, 0.1) is 5.75 Å². The summed E-state index contributed by atoms with van der Waals surface area (Å²) in [6.45, 7) is 3.60. The van der Waals surface area contributed by atoms with Crippen molar-refractivity contribution in [2.24, 2.45) is 0 Å². The lowest BCUT2D eigenvalue weighted by Crippen LogP contribution is -2.35. The third-order valence-electron chi connectivity index (χ3n) is 4.26. The van der Waals surface area contributed by atoms with E-state index in [-0.39, 0.29) is 17.7 Å². The zero-order chi connectivity index (χ0) is 18.2. The van der Waals surface area contributed by atoms with E-state index in [4.69, 9.17) is 0 Å². The van der Waals surface area contributed by atoms with Gasteiger partial charge in [0.25, 0.3) is 5.91 Å². The molecule has 0 fully saturated rings. The molecule has 1 aliphatic heterocycles. The van der Waals surface area contributed by atoms with Crippen molar-refractivity contribution in [1.29, 1.82) is 0 Å². The number of benzene rings is 2. The predicted molar refractivity (Wildman–Crippen MR) is 104 cm³/mol. The molecule has 0 radical (unpaired) electrons. The maximum absolute atomic E-state index is 12.9. The van der Waals surface area contributed by atoms with Gasteiger partial charge in [-0.15, -0.1) is 0 Å². The van der Waals surface area contributed by atoms with Crippen molar-refractivity contribution in [2.45, 2.75) is 26.3 Å². The van der Waals surface area contributed by atoms with E-state index in [1.807, 2.05) is 25.1 Å². The molecular formula is C18H19BrN2O3S. The Kier molecular flexibility index (Phi) is 4.88. The normalized spacial score (nSPS) is 16.6. The molecule has 0 saturated carbocycles. The van der Waals surface area contributed by atoms with Crippen molar-refractivity contribution in [3.8, 4) is 0 Å². The number of fused-ring (bicyclic) bond motifs is 1. The average Bonchev–Trinajstić information content (AvgIpc) is 2.89. The summed E-state index contributed by atoms with van der Waals surface area (Å²) in [6, 6.07) is 12.5. The van der Waals surface area contributed by atoms with Gasteiger partial charge in [-0.05, 0) is 68.3 Å². The largest absolute Gasteiger partial charge is 0.305 e. The third-order valence-corrected chi connectivity index (χ3v) is 6.06. The van der Waals surface area contributed by atoms with Crippen molar-refractivity contribution in [3.05, 3.63) is 58.1 Å². The lowest BCUT2D eigenvalue weighted by atomic mass is 10.1. The molecule has 5 nitrogen and oxygen atoms in total. The van der Waals surface area contributed by atoms with Crippen molar-refractivity contribution in [2.75, 3.05) is 15.4 Å². The summed E-state index contributed by atoms with van der Waals surface area (Å²) in [5.74, 6) is -0.0795. The Labute approximate surface area is 156 Å². The number of sulfonamides is 1. The van der Waals surface area contributed by atoms with Gasteiger partial charge in [0.1, 0.15) is 0 Å². The van der Waals surface area contributed by atoms with Crippen molar-refractivity contribution in [1.82, 2.24) is 0 Å². The lowest BCUT2D eigenvalue weighted by Gasteiger charge is -2.23. The quantitative estimate of drug-likeness (QED) is 0.814. The summed E-state index contributed by atoms with van der Waals surface area (Å²) in [5, 5.41) is 0. The molecule has 2 aromatic rings. The highest BCUT2D eigenvalue weighted by Gasteiger charge is 2.31. The van der Waals surface area contributed by atoms with Gasteiger partial charge in [-0.25, -0.2) is 8.42 Å². The molecule has 0 aliphatic carbocycles. The molecule has 25 heavy (non-hydrogen) atoms. The molecule has 7 heteroatoms. The van der Waals surface area contributed by atoms with E-state index in [9.17, 15) is 13.2 Å². The van der Waals surface area contributed by atoms with Gasteiger partial charge in [0.2, 0.25) is 10.0 Å². The van der Waals surface area contributed by atoms with Crippen LogP contribution in [0.3, 0.4) is 0 Å². The van der Waals surface area contributed by atoms with Crippen LogP contribution in [0.4, 0.5) is 11.4 Å². The Balaban J connectivity index is 1.85. The molecule has 1 aliphatic rings. The molecule has 2 aromatic carbocycles. The fourth-order valence-corrected chi connectivity index (χ4v) is 4.03. The topological polar surface area (TPSA) is 66.5 Å². The van der Waals surface area contributed by atoms with Crippen LogP contribution in [0.5, 0.6) is 0 Å². The van der Waals surface area contributed by atoms with Crippen LogP contribution < -0.4 is 9.62 Å². The van der Waals surface area contributed by atoms with Gasteiger partial charge >= 0.3 is 0 Å². The van der Waals surface area contributed by atoms with E-state index >= 15 is 0 Å². The van der Waals surface area contributed by atoms with E-state index in [1.54, 1.807) is 36.1 Å². The first-order chi connectivity index (χ1) is 11.8. The molecular weight excluding hydrogens is 404 g/mol. The molecule has 1 atom stereocenters. The van der Waals surface area contributed by atoms with E-state index in [0.29, 0.717) is 11.3 Å². The Morgan fingerprint density at radius 2 is 1.92 bits per heavy atom. The van der Waals surface area contributed by atoms with Crippen LogP contribution in [0.2, 0.25) is 0 Å². The van der Waals surface area contributed by atoms with E-state index in [1.165, 1.54) is 0 Å². The summed E-state index contributed by atoms with van der Waals surface area (Å²) in [6.07, 6.45) is 0.814. The van der Waals surface area contributed by atoms with E-state index < -0.39 is 10.0 Å². The molecule has 0 saturated heterocycles. The predicted octanol–water partition coefficient (Wildman–Crippen LogP) is 3.80. The number of hydrogen-bond acceptors (Lipinski definition) is 3. The second-order valence-electron chi connectivity index (χ2n) is 6.08. The van der Waals surface area contributed by atoms with Crippen LogP contribution in [0.15, 0.2) is 46.9 Å². The number of anilines is 2. The fraction of sp³-hybridized carbons (Fsp3) is 0.278. The highest BCUT2D eigenvalue weighted by molar-refractivity contribution is 9.10. The summed E-state index contributed by atoms with van der Waals surface area (Å²) in [4.78, 5) is 14.7. The van der Waals surface area contributed by atoms with Crippen LogP contribution in [0.25, 0.3) is 0 Å². The summed E-state index contributed by atoms with van der Waals surface area (Å²) in [5.41, 5.74) is 3.05. The Hall–Kier alpha value is -1.86. The SMILES string of the molecule is CCS(=O)(=O)Nc1ccc(C(=O)N2c3ccc(Br)cc3CC2C)cc1. The minimum atomic E-state index is -3.32. The molecule has 132 valence electrons. The summed E-state index contributed by atoms with van der Waals surface area (Å²) in [7, 11) is -3.32. The zero-order valence-electron chi connectivity index (χ0n) is 14.0. The van der Waals surface area contributed by atoms with Gasteiger partial charge < -0.3 is 4.90 Å².